The van der Waals surface area contributed by atoms with E-state index in [1.807, 2.05) is 58.0 Å². The average molecular weight is 243 g/mol. The molecule has 0 bridgehead atoms. The Kier molecular flexibility index (Phi) is 9.10. The highest BCUT2D eigenvalue weighted by molar-refractivity contribution is 6.05. The first-order valence-electron chi connectivity index (χ1n) is 6.17. The summed E-state index contributed by atoms with van der Waals surface area (Å²) in [7, 11) is 0. The van der Waals surface area contributed by atoms with Gasteiger partial charge in [-0.25, -0.2) is 0 Å². The van der Waals surface area contributed by atoms with Crippen molar-refractivity contribution in [1.82, 2.24) is 0 Å². The molecule has 1 aromatic rings. The number of hydrogen-bond donors (Lipinski definition) is 0. The largest absolute Gasteiger partial charge is 0.290 e. The summed E-state index contributed by atoms with van der Waals surface area (Å²) >= 11 is 0. The lowest BCUT2D eigenvalue weighted by Gasteiger charge is -1.93. The predicted molar refractivity (Wildman–Crippen MR) is 79.5 cm³/mol. The summed E-state index contributed by atoms with van der Waals surface area (Å²) in [5, 5.41) is 0. The molecule has 0 heterocycles. The molecule has 0 atom stereocenters. The molecule has 0 aliphatic heterocycles. The van der Waals surface area contributed by atoms with Crippen molar-refractivity contribution in [2.24, 2.45) is 4.99 Å². The van der Waals surface area contributed by atoms with E-state index in [-0.39, 0.29) is 5.78 Å². The lowest BCUT2D eigenvalue weighted by molar-refractivity contribution is -0.110. The van der Waals surface area contributed by atoms with Gasteiger partial charge in [0.1, 0.15) is 0 Å². The van der Waals surface area contributed by atoms with Crippen LogP contribution in [0.5, 0.6) is 0 Å². The normalized spacial score (nSPS) is 11.4. The fourth-order valence-electron chi connectivity index (χ4n) is 1.17. The number of hydrogen-bond acceptors (Lipinski definition) is 2. The van der Waals surface area contributed by atoms with Gasteiger partial charge in [-0.2, -0.15) is 0 Å². The molecule has 0 aromatic heterocycles. The molecule has 1 aromatic carbocycles. The Balaban J connectivity index is 0.00000137. The number of aliphatic imine (C=N–C) groups is 1. The van der Waals surface area contributed by atoms with Gasteiger partial charge in [-0.05, 0) is 44.2 Å². The predicted octanol–water partition coefficient (Wildman–Crippen LogP) is 4.51. The first-order valence-corrected chi connectivity index (χ1v) is 6.17. The lowest BCUT2D eigenvalue weighted by Crippen LogP contribution is -1.89. The van der Waals surface area contributed by atoms with E-state index in [4.69, 9.17) is 0 Å². The van der Waals surface area contributed by atoms with E-state index < -0.39 is 0 Å². The third-order valence-corrected chi connectivity index (χ3v) is 1.88. The average Bonchev–Trinajstić information content (AvgIpc) is 2.40. The Labute approximate surface area is 110 Å². The summed E-state index contributed by atoms with van der Waals surface area (Å²) < 4.78 is 0. The van der Waals surface area contributed by atoms with Crippen molar-refractivity contribution in [3.8, 4) is 0 Å². The van der Waals surface area contributed by atoms with Crippen molar-refractivity contribution in [2.45, 2.75) is 27.7 Å². The highest BCUT2D eigenvalue weighted by atomic mass is 16.1. The first-order chi connectivity index (χ1) is 8.72. The van der Waals surface area contributed by atoms with Gasteiger partial charge in [0.15, 0.2) is 5.78 Å². The Hall–Kier alpha value is -1.96. The number of carbonyl (C=O) groups excluding carboxylic acids is 1. The fourth-order valence-corrected chi connectivity index (χ4v) is 1.17. The van der Waals surface area contributed by atoms with Crippen LogP contribution < -0.4 is 0 Å². The van der Waals surface area contributed by atoms with Gasteiger partial charge in [-0.15, -0.1) is 0 Å². The number of nitrogens with zero attached hydrogens (tertiary/aromatic N) is 1. The zero-order chi connectivity index (χ0) is 13.8. The van der Waals surface area contributed by atoms with Gasteiger partial charge >= 0.3 is 0 Å². The number of rotatable bonds is 4. The summed E-state index contributed by atoms with van der Waals surface area (Å²) in [5.41, 5.74) is 1.70. The molecule has 0 spiro atoms. The van der Waals surface area contributed by atoms with Gasteiger partial charge in [0, 0.05) is 5.71 Å². The lowest BCUT2D eigenvalue weighted by atomic mass is 10.2. The van der Waals surface area contributed by atoms with Crippen molar-refractivity contribution >= 4 is 17.2 Å². The second kappa shape index (κ2) is 10.2. The summed E-state index contributed by atoms with van der Waals surface area (Å²) in [6, 6.07) is 9.65. The van der Waals surface area contributed by atoms with Crippen LogP contribution in [-0.2, 0) is 4.79 Å². The second-order valence-electron chi connectivity index (χ2n) is 3.32. The quantitative estimate of drug-likeness (QED) is 0.565. The number of allylic oxidation sites excluding steroid dienone is 4. The van der Waals surface area contributed by atoms with E-state index in [1.165, 1.54) is 12.2 Å². The number of benzene rings is 1. The minimum atomic E-state index is -0.0230. The molecule has 18 heavy (non-hydrogen) atoms. The molecular weight excluding hydrogens is 222 g/mol. The second-order valence-corrected chi connectivity index (χ2v) is 3.32. The minimum Gasteiger partial charge on any atom is -0.290 e. The van der Waals surface area contributed by atoms with Gasteiger partial charge in [-0.3, -0.25) is 9.79 Å². The Morgan fingerprint density at radius 3 is 2.22 bits per heavy atom. The number of para-hydroxylation sites is 1. The van der Waals surface area contributed by atoms with Crippen molar-refractivity contribution in [2.75, 3.05) is 0 Å². The van der Waals surface area contributed by atoms with Crippen LogP contribution in [0.2, 0.25) is 0 Å². The first kappa shape index (κ1) is 16.0. The summed E-state index contributed by atoms with van der Waals surface area (Å²) in [5.74, 6) is -0.0230. The van der Waals surface area contributed by atoms with Crippen molar-refractivity contribution in [3.63, 3.8) is 0 Å². The van der Waals surface area contributed by atoms with E-state index in [0.717, 1.165) is 11.4 Å². The molecule has 2 heteroatoms. The van der Waals surface area contributed by atoms with Crippen LogP contribution in [0.1, 0.15) is 27.7 Å². The topological polar surface area (TPSA) is 29.4 Å². The van der Waals surface area contributed by atoms with Crippen LogP contribution in [0.3, 0.4) is 0 Å². The smallest absolute Gasteiger partial charge is 0.178 e. The van der Waals surface area contributed by atoms with E-state index >= 15 is 0 Å². The van der Waals surface area contributed by atoms with Crippen LogP contribution in [0.25, 0.3) is 0 Å². The monoisotopic (exact) mass is 243 g/mol. The minimum absolute atomic E-state index is 0.0230. The Morgan fingerprint density at radius 2 is 1.67 bits per heavy atom. The van der Waals surface area contributed by atoms with Gasteiger partial charge in [0.05, 0.1) is 5.69 Å². The molecule has 0 aliphatic carbocycles. The molecule has 0 saturated heterocycles. The van der Waals surface area contributed by atoms with Crippen LogP contribution in [0, 0.1) is 0 Å². The molecule has 0 amide bonds. The summed E-state index contributed by atoms with van der Waals surface area (Å²) in [4.78, 5) is 15.5. The molecule has 0 fully saturated rings. The molecule has 0 unspecified atom stereocenters. The van der Waals surface area contributed by atoms with Crippen molar-refractivity contribution < 1.29 is 4.79 Å². The van der Waals surface area contributed by atoms with E-state index in [9.17, 15) is 4.79 Å². The highest BCUT2D eigenvalue weighted by Crippen LogP contribution is 2.10. The molecule has 96 valence electrons. The van der Waals surface area contributed by atoms with E-state index in [1.54, 1.807) is 12.2 Å². The van der Waals surface area contributed by atoms with Crippen LogP contribution in [0.15, 0.2) is 59.6 Å². The highest BCUT2D eigenvalue weighted by Gasteiger charge is 1.90. The SMILES string of the molecule is C/C=C\C(=O)/C=C\C(C)=Nc1ccccc1.CC. The molecule has 1 rings (SSSR count). The van der Waals surface area contributed by atoms with Crippen LogP contribution >= 0.6 is 0 Å². The Bertz CT molecular complexity index is 428. The molecule has 0 N–H and O–H groups in total. The summed E-state index contributed by atoms with van der Waals surface area (Å²) in [6.45, 7) is 7.68. The van der Waals surface area contributed by atoms with E-state index in [2.05, 4.69) is 4.99 Å². The zero-order valence-corrected chi connectivity index (χ0v) is 11.6. The molecular formula is C16H21NO. The molecule has 2 nitrogen and oxygen atoms in total. The number of ketones is 1. The number of carbonyl (C=O) groups is 1. The maximum atomic E-state index is 11.2. The molecule has 0 aliphatic rings. The van der Waals surface area contributed by atoms with Crippen LogP contribution in [-0.4, -0.2) is 11.5 Å². The van der Waals surface area contributed by atoms with Crippen molar-refractivity contribution in [3.05, 3.63) is 54.6 Å². The van der Waals surface area contributed by atoms with Gasteiger partial charge in [0.25, 0.3) is 0 Å². The maximum Gasteiger partial charge on any atom is 0.178 e. The third-order valence-electron chi connectivity index (χ3n) is 1.88. The van der Waals surface area contributed by atoms with Gasteiger partial charge in [0.2, 0.25) is 0 Å². The maximum absolute atomic E-state index is 11.2. The van der Waals surface area contributed by atoms with E-state index in [0.29, 0.717) is 0 Å². The Morgan fingerprint density at radius 1 is 1.06 bits per heavy atom. The van der Waals surface area contributed by atoms with Crippen molar-refractivity contribution in [1.29, 1.82) is 0 Å². The summed E-state index contributed by atoms with van der Waals surface area (Å²) in [6.07, 6.45) is 6.47. The van der Waals surface area contributed by atoms with Gasteiger partial charge < -0.3 is 0 Å². The standard InChI is InChI=1S/C14H15NO.C2H6/c1-3-7-14(16)11-10-12(2)15-13-8-5-4-6-9-13;1-2/h3-11H,1-2H3;1-2H3/b7-3-,11-10-,15-12?;. The fraction of sp³-hybridized carbons (Fsp3) is 0.250. The molecule has 0 radical (unpaired) electrons. The zero-order valence-electron chi connectivity index (χ0n) is 11.6. The third kappa shape index (κ3) is 7.34. The van der Waals surface area contributed by atoms with Crippen LogP contribution in [0.4, 0.5) is 5.69 Å². The van der Waals surface area contributed by atoms with Gasteiger partial charge in [-0.1, -0.05) is 38.1 Å². The molecule has 0 saturated carbocycles.